The van der Waals surface area contributed by atoms with Crippen molar-refractivity contribution in [1.82, 2.24) is 10.2 Å². The fourth-order valence-electron chi connectivity index (χ4n) is 1.46. The number of carbonyl (C=O) groups excluding carboxylic acids is 2. The summed E-state index contributed by atoms with van der Waals surface area (Å²) in [5.74, 6) is -1.02. The zero-order chi connectivity index (χ0) is 18.3. The Hall–Kier alpha value is -1.99. The van der Waals surface area contributed by atoms with Crippen LogP contribution in [-0.2, 0) is 14.3 Å². The van der Waals surface area contributed by atoms with Crippen LogP contribution in [0.3, 0.4) is 0 Å². The first-order valence-corrected chi connectivity index (χ1v) is 7.47. The van der Waals surface area contributed by atoms with Gasteiger partial charge in [0, 0.05) is 19.6 Å². The lowest BCUT2D eigenvalue weighted by atomic mass is 10.2. The number of ether oxygens (including phenoxy) is 2. The third-order valence-electron chi connectivity index (χ3n) is 2.30. The van der Waals surface area contributed by atoms with E-state index in [1.54, 1.807) is 41.5 Å². The SMILES string of the molecule is CC(C)(C)OC(=O)NCCN(CCC(=O)O)C(=O)OC(C)(C)C. The second kappa shape index (κ2) is 8.59. The predicted octanol–water partition coefficient (Wildman–Crippen LogP) is 2.22. The molecule has 0 aliphatic rings. The minimum absolute atomic E-state index is 0.000243. The molecule has 0 bridgehead atoms. The maximum atomic E-state index is 12.0. The van der Waals surface area contributed by atoms with E-state index in [0.29, 0.717) is 0 Å². The standard InChI is InChI=1S/C15H28N2O6/c1-14(2,3)22-12(20)16-8-10-17(9-7-11(18)19)13(21)23-15(4,5)6/h7-10H2,1-6H3,(H,16,20)(H,18,19). The quantitative estimate of drug-likeness (QED) is 0.772. The summed E-state index contributed by atoms with van der Waals surface area (Å²) >= 11 is 0. The van der Waals surface area contributed by atoms with Crippen molar-refractivity contribution in [1.29, 1.82) is 0 Å². The monoisotopic (exact) mass is 332 g/mol. The van der Waals surface area contributed by atoms with Gasteiger partial charge in [-0.1, -0.05) is 0 Å². The number of carboxylic acid groups (broad SMARTS) is 1. The van der Waals surface area contributed by atoms with E-state index in [1.807, 2.05) is 0 Å². The summed E-state index contributed by atoms with van der Waals surface area (Å²) in [7, 11) is 0. The van der Waals surface area contributed by atoms with Crippen molar-refractivity contribution in [3.05, 3.63) is 0 Å². The van der Waals surface area contributed by atoms with Gasteiger partial charge < -0.3 is 24.8 Å². The van der Waals surface area contributed by atoms with Gasteiger partial charge in [-0.15, -0.1) is 0 Å². The molecule has 0 aromatic rings. The fraction of sp³-hybridized carbons (Fsp3) is 0.800. The molecule has 0 aliphatic heterocycles. The molecule has 0 heterocycles. The van der Waals surface area contributed by atoms with Crippen LogP contribution in [0.1, 0.15) is 48.0 Å². The zero-order valence-electron chi connectivity index (χ0n) is 14.8. The highest BCUT2D eigenvalue weighted by Gasteiger charge is 2.23. The maximum Gasteiger partial charge on any atom is 0.410 e. The van der Waals surface area contributed by atoms with Gasteiger partial charge in [-0.05, 0) is 41.5 Å². The number of hydrogen-bond donors (Lipinski definition) is 2. The van der Waals surface area contributed by atoms with Crippen LogP contribution < -0.4 is 5.32 Å². The zero-order valence-corrected chi connectivity index (χ0v) is 14.8. The Bertz CT molecular complexity index is 423. The highest BCUT2D eigenvalue weighted by Crippen LogP contribution is 2.10. The molecular formula is C15H28N2O6. The van der Waals surface area contributed by atoms with Crippen molar-refractivity contribution >= 4 is 18.2 Å². The molecule has 0 rings (SSSR count). The van der Waals surface area contributed by atoms with Crippen LogP contribution in [0.2, 0.25) is 0 Å². The molecule has 8 nitrogen and oxygen atoms in total. The van der Waals surface area contributed by atoms with E-state index in [0.717, 1.165) is 0 Å². The van der Waals surface area contributed by atoms with Crippen LogP contribution in [0.25, 0.3) is 0 Å². The predicted molar refractivity (Wildman–Crippen MR) is 84.3 cm³/mol. The number of rotatable bonds is 6. The molecular weight excluding hydrogens is 304 g/mol. The first-order valence-electron chi connectivity index (χ1n) is 7.47. The molecule has 134 valence electrons. The van der Waals surface area contributed by atoms with Crippen LogP contribution in [0.5, 0.6) is 0 Å². The lowest BCUT2D eigenvalue weighted by Crippen LogP contribution is -2.43. The van der Waals surface area contributed by atoms with E-state index in [9.17, 15) is 14.4 Å². The first-order chi connectivity index (χ1) is 10.3. The molecule has 0 atom stereocenters. The van der Waals surface area contributed by atoms with E-state index < -0.39 is 29.4 Å². The van der Waals surface area contributed by atoms with Crippen molar-refractivity contribution in [2.24, 2.45) is 0 Å². The number of alkyl carbamates (subject to hydrolysis) is 1. The van der Waals surface area contributed by atoms with Crippen LogP contribution >= 0.6 is 0 Å². The number of nitrogens with one attached hydrogen (secondary N) is 1. The van der Waals surface area contributed by atoms with Gasteiger partial charge >= 0.3 is 18.2 Å². The lowest BCUT2D eigenvalue weighted by molar-refractivity contribution is -0.137. The topological polar surface area (TPSA) is 105 Å². The molecule has 0 unspecified atom stereocenters. The molecule has 0 aromatic carbocycles. The van der Waals surface area contributed by atoms with Gasteiger partial charge in [0.05, 0.1) is 6.42 Å². The molecule has 23 heavy (non-hydrogen) atoms. The van der Waals surface area contributed by atoms with Gasteiger partial charge in [0.25, 0.3) is 0 Å². The van der Waals surface area contributed by atoms with Crippen LogP contribution in [0.15, 0.2) is 0 Å². The van der Waals surface area contributed by atoms with Gasteiger partial charge in [-0.25, -0.2) is 9.59 Å². The summed E-state index contributed by atoms with van der Waals surface area (Å²) in [6.07, 6.45) is -1.42. The molecule has 0 aliphatic carbocycles. The molecule has 2 N–H and O–H groups in total. The third kappa shape index (κ3) is 12.3. The summed E-state index contributed by atoms with van der Waals surface area (Å²) < 4.78 is 10.3. The second-order valence-corrected chi connectivity index (χ2v) is 7.04. The molecule has 0 radical (unpaired) electrons. The summed E-state index contributed by atoms with van der Waals surface area (Å²) in [4.78, 5) is 35.5. The van der Waals surface area contributed by atoms with Crippen molar-refractivity contribution in [2.75, 3.05) is 19.6 Å². The van der Waals surface area contributed by atoms with Gasteiger partial charge in [-0.3, -0.25) is 4.79 Å². The molecule has 0 spiro atoms. The van der Waals surface area contributed by atoms with Gasteiger partial charge in [-0.2, -0.15) is 0 Å². The van der Waals surface area contributed by atoms with Crippen molar-refractivity contribution in [3.63, 3.8) is 0 Å². The molecule has 0 saturated heterocycles. The van der Waals surface area contributed by atoms with Crippen LogP contribution in [0.4, 0.5) is 9.59 Å². The second-order valence-electron chi connectivity index (χ2n) is 7.04. The smallest absolute Gasteiger partial charge is 0.410 e. The van der Waals surface area contributed by atoms with E-state index in [2.05, 4.69) is 5.32 Å². The number of carbonyl (C=O) groups is 3. The fourth-order valence-corrected chi connectivity index (χ4v) is 1.46. The van der Waals surface area contributed by atoms with Crippen molar-refractivity contribution in [2.45, 2.75) is 59.2 Å². The number of amides is 2. The Morgan fingerprint density at radius 1 is 0.957 bits per heavy atom. The Labute approximate surface area is 137 Å². The average Bonchev–Trinajstić information content (AvgIpc) is 2.28. The number of hydrogen-bond acceptors (Lipinski definition) is 5. The summed E-state index contributed by atoms with van der Waals surface area (Å²) in [6, 6.07) is 0. The summed E-state index contributed by atoms with van der Waals surface area (Å²) in [6.45, 7) is 10.7. The van der Waals surface area contributed by atoms with Crippen LogP contribution in [0, 0.1) is 0 Å². The Kier molecular flexibility index (Phi) is 7.85. The molecule has 2 amide bonds. The minimum atomic E-state index is -1.02. The normalized spacial score (nSPS) is 11.6. The van der Waals surface area contributed by atoms with E-state index in [-0.39, 0.29) is 26.1 Å². The Balaban J connectivity index is 4.50. The van der Waals surface area contributed by atoms with Crippen molar-refractivity contribution in [3.8, 4) is 0 Å². The van der Waals surface area contributed by atoms with E-state index in [4.69, 9.17) is 14.6 Å². The summed E-state index contributed by atoms with van der Waals surface area (Å²) in [5, 5.41) is 11.3. The third-order valence-corrected chi connectivity index (χ3v) is 2.30. The Morgan fingerprint density at radius 2 is 1.48 bits per heavy atom. The van der Waals surface area contributed by atoms with Gasteiger partial charge in [0.1, 0.15) is 11.2 Å². The number of carboxylic acids is 1. The number of aliphatic carboxylic acids is 1. The highest BCUT2D eigenvalue weighted by atomic mass is 16.6. The van der Waals surface area contributed by atoms with Gasteiger partial charge in [0.15, 0.2) is 0 Å². The maximum absolute atomic E-state index is 12.0. The van der Waals surface area contributed by atoms with E-state index in [1.165, 1.54) is 4.90 Å². The first kappa shape index (κ1) is 21.0. The molecule has 0 fully saturated rings. The van der Waals surface area contributed by atoms with Gasteiger partial charge in [0.2, 0.25) is 0 Å². The van der Waals surface area contributed by atoms with E-state index >= 15 is 0 Å². The van der Waals surface area contributed by atoms with Crippen molar-refractivity contribution < 1.29 is 29.0 Å². The van der Waals surface area contributed by atoms with Crippen LogP contribution in [-0.4, -0.2) is 59.0 Å². The number of nitrogens with zero attached hydrogens (tertiary/aromatic N) is 1. The molecule has 0 saturated carbocycles. The lowest BCUT2D eigenvalue weighted by Gasteiger charge is -2.27. The highest BCUT2D eigenvalue weighted by molar-refractivity contribution is 5.71. The summed E-state index contributed by atoms with van der Waals surface area (Å²) in [5.41, 5.74) is -1.30. The Morgan fingerprint density at radius 3 is 1.91 bits per heavy atom. The minimum Gasteiger partial charge on any atom is -0.481 e. The average molecular weight is 332 g/mol. The largest absolute Gasteiger partial charge is 0.481 e. The molecule has 0 aromatic heterocycles. The molecule has 8 heteroatoms.